The van der Waals surface area contributed by atoms with Gasteiger partial charge in [-0.15, -0.1) is 0 Å². The van der Waals surface area contributed by atoms with Gasteiger partial charge in [-0.1, -0.05) is 36.4 Å². The Hall–Kier alpha value is -2.36. The number of rotatable bonds is 2. The van der Waals surface area contributed by atoms with Crippen LogP contribution in [0.1, 0.15) is 23.7 Å². The van der Waals surface area contributed by atoms with Crippen molar-refractivity contribution in [1.82, 2.24) is 4.90 Å². The number of carbonyl (C=O) groups excluding carboxylic acids is 1. The molecular weight excluding hydrogens is 266 g/mol. The highest BCUT2D eigenvalue weighted by molar-refractivity contribution is 6.07. The molecule has 0 spiro atoms. The van der Waals surface area contributed by atoms with E-state index in [-0.39, 0.29) is 12.5 Å². The van der Waals surface area contributed by atoms with Crippen LogP contribution in [0.15, 0.2) is 42.5 Å². The Morgan fingerprint density at radius 1 is 1.14 bits per heavy atom. The van der Waals surface area contributed by atoms with Crippen molar-refractivity contribution >= 4 is 22.6 Å². The van der Waals surface area contributed by atoms with Crippen LogP contribution in [-0.4, -0.2) is 35.0 Å². The van der Waals surface area contributed by atoms with Gasteiger partial charge in [0.1, 0.15) is 0 Å². The third kappa shape index (κ3) is 2.27. The minimum absolute atomic E-state index is 0.0863. The number of amides is 1. The van der Waals surface area contributed by atoms with E-state index in [1.807, 2.05) is 36.4 Å². The van der Waals surface area contributed by atoms with Crippen LogP contribution in [0.4, 0.5) is 0 Å². The van der Waals surface area contributed by atoms with Crippen molar-refractivity contribution in [3.8, 4) is 0 Å². The van der Waals surface area contributed by atoms with Crippen LogP contribution in [-0.2, 0) is 4.79 Å². The molecule has 1 saturated heterocycles. The van der Waals surface area contributed by atoms with Crippen LogP contribution in [0.2, 0.25) is 0 Å². The Morgan fingerprint density at radius 2 is 1.86 bits per heavy atom. The molecule has 1 fully saturated rings. The molecule has 1 atom stereocenters. The van der Waals surface area contributed by atoms with E-state index >= 15 is 0 Å². The van der Waals surface area contributed by atoms with Crippen LogP contribution in [0.5, 0.6) is 0 Å². The lowest BCUT2D eigenvalue weighted by Gasteiger charge is -2.20. The zero-order valence-electron chi connectivity index (χ0n) is 11.9. The van der Waals surface area contributed by atoms with Crippen molar-refractivity contribution < 1.29 is 14.7 Å². The molecule has 0 saturated carbocycles. The standard InChI is InChI=1S/C17H17NO3/c1-17(16(20)21)9-10-18(11-17)15(19)14-8-4-6-12-5-2-3-7-13(12)14/h2-8H,9-11H2,1H3,(H,20,21)/t17-/m0/s1. The molecule has 0 aliphatic carbocycles. The highest BCUT2D eigenvalue weighted by Gasteiger charge is 2.42. The SMILES string of the molecule is C[C@]1(C(=O)O)CCN(C(=O)c2cccc3ccccc23)C1. The number of likely N-dealkylation sites (tertiary alicyclic amines) is 1. The van der Waals surface area contributed by atoms with Crippen molar-refractivity contribution in [2.75, 3.05) is 13.1 Å². The third-order valence-electron chi connectivity index (χ3n) is 4.30. The number of hydrogen-bond acceptors (Lipinski definition) is 2. The number of carboxylic acids is 1. The Kier molecular flexibility index (Phi) is 3.16. The Balaban J connectivity index is 1.94. The van der Waals surface area contributed by atoms with Crippen molar-refractivity contribution in [2.24, 2.45) is 5.41 Å². The first kappa shape index (κ1) is 13.6. The summed E-state index contributed by atoms with van der Waals surface area (Å²) in [5.74, 6) is -0.924. The molecule has 1 N–H and O–H groups in total. The molecule has 21 heavy (non-hydrogen) atoms. The van der Waals surface area contributed by atoms with Gasteiger partial charge in [0.2, 0.25) is 0 Å². The molecule has 108 valence electrons. The Morgan fingerprint density at radius 3 is 2.57 bits per heavy atom. The van der Waals surface area contributed by atoms with Crippen LogP contribution in [0.3, 0.4) is 0 Å². The molecule has 1 heterocycles. The molecule has 2 aromatic carbocycles. The maximum atomic E-state index is 12.7. The van der Waals surface area contributed by atoms with E-state index in [4.69, 9.17) is 0 Å². The second-order valence-electron chi connectivity index (χ2n) is 5.87. The van der Waals surface area contributed by atoms with Gasteiger partial charge in [0.15, 0.2) is 0 Å². The molecule has 1 amide bonds. The van der Waals surface area contributed by atoms with Gasteiger partial charge in [-0.3, -0.25) is 9.59 Å². The highest BCUT2D eigenvalue weighted by Crippen LogP contribution is 2.32. The van der Waals surface area contributed by atoms with Gasteiger partial charge in [0, 0.05) is 18.7 Å². The molecular formula is C17H17NO3. The van der Waals surface area contributed by atoms with Crippen LogP contribution in [0.25, 0.3) is 10.8 Å². The third-order valence-corrected chi connectivity index (χ3v) is 4.30. The second kappa shape index (κ2) is 4.88. The maximum Gasteiger partial charge on any atom is 0.311 e. The van der Waals surface area contributed by atoms with Gasteiger partial charge < -0.3 is 10.0 Å². The van der Waals surface area contributed by atoms with Gasteiger partial charge in [0.25, 0.3) is 5.91 Å². The fourth-order valence-electron chi connectivity index (χ4n) is 2.89. The maximum absolute atomic E-state index is 12.7. The lowest BCUT2D eigenvalue weighted by atomic mass is 9.90. The van der Waals surface area contributed by atoms with Crippen molar-refractivity contribution in [2.45, 2.75) is 13.3 Å². The number of carboxylic acid groups (broad SMARTS) is 1. The second-order valence-corrected chi connectivity index (χ2v) is 5.87. The fourth-order valence-corrected chi connectivity index (χ4v) is 2.89. The minimum atomic E-state index is -0.837. The van der Waals surface area contributed by atoms with E-state index in [1.54, 1.807) is 17.9 Å². The normalized spacial score (nSPS) is 21.7. The first-order chi connectivity index (χ1) is 10.0. The predicted octanol–water partition coefficient (Wildman–Crippen LogP) is 2.78. The van der Waals surface area contributed by atoms with Gasteiger partial charge in [-0.05, 0) is 30.2 Å². The molecule has 2 aromatic rings. The number of carbonyl (C=O) groups is 2. The van der Waals surface area contributed by atoms with E-state index in [0.29, 0.717) is 18.5 Å². The predicted molar refractivity (Wildman–Crippen MR) is 80.2 cm³/mol. The van der Waals surface area contributed by atoms with Crippen LogP contribution >= 0.6 is 0 Å². The van der Waals surface area contributed by atoms with E-state index < -0.39 is 11.4 Å². The average molecular weight is 283 g/mol. The summed E-state index contributed by atoms with van der Waals surface area (Å²) in [5.41, 5.74) is -0.192. The lowest BCUT2D eigenvalue weighted by molar-refractivity contribution is -0.147. The van der Waals surface area contributed by atoms with E-state index in [0.717, 1.165) is 10.8 Å². The van der Waals surface area contributed by atoms with E-state index in [1.165, 1.54) is 0 Å². The number of hydrogen-bond donors (Lipinski definition) is 1. The molecule has 1 aliphatic rings. The smallest absolute Gasteiger partial charge is 0.311 e. The van der Waals surface area contributed by atoms with Gasteiger partial charge in [-0.2, -0.15) is 0 Å². The first-order valence-electron chi connectivity index (χ1n) is 7.02. The summed E-state index contributed by atoms with van der Waals surface area (Å²) in [6.45, 7) is 2.46. The first-order valence-corrected chi connectivity index (χ1v) is 7.02. The molecule has 0 aromatic heterocycles. The van der Waals surface area contributed by atoms with Gasteiger partial charge in [0.05, 0.1) is 5.41 Å². The van der Waals surface area contributed by atoms with Crippen molar-refractivity contribution in [3.63, 3.8) is 0 Å². The summed E-state index contributed by atoms with van der Waals surface area (Å²) >= 11 is 0. The Bertz CT molecular complexity index is 720. The summed E-state index contributed by atoms with van der Waals surface area (Å²) in [5, 5.41) is 11.2. The molecule has 4 heteroatoms. The van der Waals surface area contributed by atoms with Gasteiger partial charge in [-0.25, -0.2) is 0 Å². The summed E-state index contributed by atoms with van der Waals surface area (Å²) < 4.78 is 0. The summed E-state index contributed by atoms with van der Waals surface area (Å²) in [6, 6.07) is 13.4. The largest absolute Gasteiger partial charge is 0.481 e. The van der Waals surface area contributed by atoms with Crippen LogP contribution < -0.4 is 0 Å². The monoisotopic (exact) mass is 283 g/mol. The number of nitrogens with zero attached hydrogens (tertiary/aromatic N) is 1. The molecule has 0 radical (unpaired) electrons. The molecule has 3 rings (SSSR count). The van der Waals surface area contributed by atoms with E-state index in [9.17, 15) is 14.7 Å². The highest BCUT2D eigenvalue weighted by atomic mass is 16.4. The fraction of sp³-hybridized carbons (Fsp3) is 0.294. The number of aliphatic carboxylic acids is 1. The minimum Gasteiger partial charge on any atom is -0.481 e. The Labute approximate surface area is 123 Å². The average Bonchev–Trinajstić information content (AvgIpc) is 2.90. The lowest BCUT2D eigenvalue weighted by Crippen LogP contribution is -2.34. The zero-order valence-corrected chi connectivity index (χ0v) is 11.9. The molecule has 0 unspecified atom stereocenters. The number of fused-ring (bicyclic) bond motifs is 1. The molecule has 1 aliphatic heterocycles. The summed E-state index contributed by atoms with van der Waals surface area (Å²) in [7, 11) is 0. The quantitative estimate of drug-likeness (QED) is 0.922. The van der Waals surface area contributed by atoms with Crippen LogP contribution in [0, 0.1) is 5.41 Å². The van der Waals surface area contributed by atoms with Crippen molar-refractivity contribution in [3.05, 3.63) is 48.0 Å². The molecule has 0 bridgehead atoms. The van der Waals surface area contributed by atoms with E-state index in [2.05, 4.69) is 0 Å². The van der Waals surface area contributed by atoms with Crippen molar-refractivity contribution in [1.29, 1.82) is 0 Å². The van der Waals surface area contributed by atoms with Gasteiger partial charge >= 0.3 is 5.97 Å². The summed E-state index contributed by atoms with van der Waals surface area (Å²) in [4.78, 5) is 25.7. The summed E-state index contributed by atoms with van der Waals surface area (Å²) in [6.07, 6.45) is 0.499. The topological polar surface area (TPSA) is 57.6 Å². The zero-order chi connectivity index (χ0) is 15.0. The molecule has 4 nitrogen and oxygen atoms in total. The number of benzene rings is 2.